The Hall–Kier alpha value is -3.81. The number of imidazole rings is 1. The topological polar surface area (TPSA) is 94.5 Å². The number of aryl methyl sites for hydroxylation is 1. The quantitative estimate of drug-likeness (QED) is 0.463. The molecule has 1 aromatic heterocycles. The molecular formula is C22H24N4O4. The molecule has 0 saturated carbocycles. The average molecular weight is 408 g/mol. The molecule has 2 aromatic carbocycles. The molecular weight excluding hydrogens is 384 g/mol. The zero-order chi connectivity index (χ0) is 21.5. The lowest BCUT2D eigenvalue weighted by molar-refractivity contribution is -0.127. The zero-order valence-corrected chi connectivity index (χ0v) is 17.1. The molecule has 156 valence electrons. The van der Waals surface area contributed by atoms with Crippen molar-refractivity contribution in [2.75, 3.05) is 14.2 Å². The maximum Gasteiger partial charge on any atom is 0.262 e. The van der Waals surface area contributed by atoms with Gasteiger partial charge in [0.1, 0.15) is 12.4 Å². The van der Waals surface area contributed by atoms with Crippen molar-refractivity contribution in [1.82, 2.24) is 20.4 Å². The third-order valence-corrected chi connectivity index (χ3v) is 4.51. The number of carbonyl (C=O) groups excluding carboxylic acids is 2. The number of aromatic nitrogens is 2. The average Bonchev–Trinajstić information content (AvgIpc) is 3.13. The zero-order valence-electron chi connectivity index (χ0n) is 17.1. The summed E-state index contributed by atoms with van der Waals surface area (Å²) in [4.78, 5) is 28.9. The van der Waals surface area contributed by atoms with Crippen LogP contribution in [0.3, 0.4) is 0 Å². The molecule has 0 bridgehead atoms. The molecule has 0 saturated heterocycles. The summed E-state index contributed by atoms with van der Waals surface area (Å²) < 4.78 is 12.3. The van der Waals surface area contributed by atoms with Crippen LogP contribution in [-0.2, 0) is 22.6 Å². The van der Waals surface area contributed by atoms with E-state index in [-0.39, 0.29) is 12.5 Å². The number of hydrazine groups is 1. The van der Waals surface area contributed by atoms with Crippen LogP contribution >= 0.6 is 0 Å². The van der Waals surface area contributed by atoms with Gasteiger partial charge in [0.15, 0.2) is 11.5 Å². The van der Waals surface area contributed by atoms with Gasteiger partial charge >= 0.3 is 0 Å². The van der Waals surface area contributed by atoms with Crippen LogP contribution in [0.2, 0.25) is 0 Å². The van der Waals surface area contributed by atoms with E-state index in [1.54, 1.807) is 38.5 Å². The second-order valence-corrected chi connectivity index (χ2v) is 6.44. The summed E-state index contributed by atoms with van der Waals surface area (Å²) in [6.45, 7) is 2.04. The van der Waals surface area contributed by atoms with E-state index < -0.39 is 5.91 Å². The van der Waals surface area contributed by atoms with Crippen molar-refractivity contribution in [2.24, 2.45) is 0 Å². The normalized spacial score (nSPS) is 10.9. The van der Waals surface area contributed by atoms with Crippen molar-refractivity contribution >= 4 is 28.9 Å². The highest BCUT2D eigenvalue weighted by molar-refractivity contribution is 5.93. The maximum absolute atomic E-state index is 12.3. The number of nitrogens with zero attached hydrogens (tertiary/aromatic N) is 2. The number of hydrogen-bond donors (Lipinski definition) is 2. The lowest BCUT2D eigenvalue weighted by atomic mass is 10.2. The monoisotopic (exact) mass is 408 g/mol. The van der Waals surface area contributed by atoms with Crippen molar-refractivity contribution in [2.45, 2.75) is 19.9 Å². The highest BCUT2D eigenvalue weighted by Gasteiger charge is 2.12. The second kappa shape index (κ2) is 9.60. The first-order valence-electron chi connectivity index (χ1n) is 9.48. The molecule has 0 aliphatic heterocycles. The molecule has 8 nitrogen and oxygen atoms in total. The van der Waals surface area contributed by atoms with Crippen LogP contribution in [0, 0.1) is 0 Å². The predicted molar refractivity (Wildman–Crippen MR) is 114 cm³/mol. The van der Waals surface area contributed by atoms with E-state index in [1.807, 2.05) is 35.8 Å². The molecule has 30 heavy (non-hydrogen) atoms. The van der Waals surface area contributed by atoms with E-state index in [4.69, 9.17) is 9.47 Å². The number of carbonyl (C=O) groups is 2. The number of rotatable bonds is 7. The van der Waals surface area contributed by atoms with Crippen molar-refractivity contribution < 1.29 is 19.1 Å². The number of para-hydroxylation sites is 2. The summed E-state index contributed by atoms with van der Waals surface area (Å²) in [6.07, 6.45) is 3.63. The lowest BCUT2D eigenvalue weighted by Gasteiger charge is -2.09. The van der Waals surface area contributed by atoms with Gasteiger partial charge in [-0.25, -0.2) is 4.98 Å². The van der Waals surface area contributed by atoms with E-state index in [1.165, 1.54) is 6.08 Å². The Balaban J connectivity index is 1.59. The molecule has 0 atom stereocenters. The summed E-state index contributed by atoms with van der Waals surface area (Å²) in [7, 11) is 3.10. The van der Waals surface area contributed by atoms with E-state index in [2.05, 4.69) is 15.8 Å². The van der Waals surface area contributed by atoms with Gasteiger partial charge in [-0.1, -0.05) is 25.1 Å². The fourth-order valence-corrected chi connectivity index (χ4v) is 3.06. The molecule has 0 radical (unpaired) electrons. The molecule has 0 fully saturated rings. The minimum Gasteiger partial charge on any atom is -0.493 e. The van der Waals surface area contributed by atoms with Gasteiger partial charge in [-0.15, -0.1) is 0 Å². The fraction of sp³-hybridized carbons (Fsp3) is 0.227. The van der Waals surface area contributed by atoms with Crippen LogP contribution in [0.1, 0.15) is 18.3 Å². The van der Waals surface area contributed by atoms with Gasteiger partial charge in [-0.3, -0.25) is 20.4 Å². The van der Waals surface area contributed by atoms with Crippen LogP contribution in [0.15, 0.2) is 48.5 Å². The highest BCUT2D eigenvalue weighted by Crippen LogP contribution is 2.27. The van der Waals surface area contributed by atoms with Gasteiger partial charge in [0.05, 0.1) is 25.3 Å². The Morgan fingerprint density at radius 2 is 1.83 bits per heavy atom. The van der Waals surface area contributed by atoms with E-state index in [0.29, 0.717) is 17.9 Å². The van der Waals surface area contributed by atoms with Crippen LogP contribution in [0.5, 0.6) is 11.5 Å². The summed E-state index contributed by atoms with van der Waals surface area (Å²) in [6, 6.07) is 12.9. The van der Waals surface area contributed by atoms with Crippen molar-refractivity contribution in [1.29, 1.82) is 0 Å². The molecule has 3 aromatic rings. The van der Waals surface area contributed by atoms with Crippen LogP contribution in [-0.4, -0.2) is 35.6 Å². The summed E-state index contributed by atoms with van der Waals surface area (Å²) in [5.74, 6) is 1.17. The third kappa shape index (κ3) is 4.78. The lowest BCUT2D eigenvalue weighted by Crippen LogP contribution is -2.42. The molecule has 2 N–H and O–H groups in total. The van der Waals surface area contributed by atoms with Gasteiger partial charge in [0.25, 0.3) is 11.8 Å². The largest absolute Gasteiger partial charge is 0.493 e. The predicted octanol–water partition coefficient (Wildman–Crippen LogP) is 2.48. The Kier molecular flexibility index (Phi) is 6.69. The van der Waals surface area contributed by atoms with Gasteiger partial charge < -0.3 is 14.0 Å². The second-order valence-electron chi connectivity index (χ2n) is 6.44. The molecule has 2 amide bonds. The summed E-state index contributed by atoms with van der Waals surface area (Å²) in [5.41, 5.74) is 7.29. The number of nitrogens with one attached hydrogen (secondary N) is 2. The van der Waals surface area contributed by atoms with Crippen LogP contribution in [0.4, 0.5) is 0 Å². The number of ether oxygens (including phenoxy) is 2. The smallest absolute Gasteiger partial charge is 0.262 e. The van der Waals surface area contributed by atoms with Crippen molar-refractivity contribution in [3.63, 3.8) is 0 Å². The van der Waals surface area contributed by atoms with Gasteiger partial charge in [0, 0.05) is 12.5 Å². The number of amides is 2. The minimum absolute atomic E-state index is 0.0589. The number of benzene rings is 2. The van der Waals surface area contributed by atoms with Crippen LogP contribution in [0.25, 0.3) is 17.1 Å². The highest BCUT2D eigenvalue weighted by atomic mass is 16.5. The standard InChI is InChI=1S/C22H24N4O4/c1-4-20-23-16-7-5-6-8-17(16)26(20)14-22(28)25-24-21(27)12-10-15-9-11-18(29-2)19(13-15)30-3/h5-13H,4,14H2,1-3H3,(H,24,27)(H,25,28)/b12-10+. The molecule has 3 rings (SSSR count). The van der Waals surface area contributed by atoms with Crippen molar-refractivity contribution in [3.8, 4) is 11.5 Å². The molecule has 0 aliphatic carbocycles. The Morgan fingerprint density at radius 1 is 1.07 bits per heavy atom. The first-order chi connectivity index (χ1) is 14.5. The van der Waals surface area contributed by atoms with Gasteiger partial charge in [0.2, 0.25) is 0 Å². The number of methoxy groups -OCH3 is 2. The van der Waals surface area contributed by atoms with Gasteiger partial charge in [-0.05, 0) is 35.9 Å². The van der Waals surface area contributed by atoms with Crippen LogP contribution < -0.4 is 20.3 Å². The third-order valence-electron chi connectivity index (χ3n) is 4.51. The molecule has 1 heterocycles. The summed E-state index contributed by atoms with van der Waals surface area (Å²) >= 11 is 0. The fourth-order valence-electron chi connectivity index (χ4n) is 3.06. The first kappa shape index (κ1) is 20.9. The van der Waals surface area contributed by atoms with E-state index >= 15 is 0 Å². The first-order valence-corrected chi connectivity index (χ1v) is 9.48. The van der Waals surface area contributed by atoms with E-state index in [9.17, 15) is 9.59 Å². The number of fused-ring (bicyclic) bond motifs is 1. The Morgan fingerprint density at radius 3 is 2.57 bits per heavy atom. The Bertz CT molecular complexity index is 1090. The molecule has 8 heteroatoms. The summed E-state index contributed by atoms with van der Waals surface area (Å²) in [5, 5.41) is 0. The molecule has 0 aliphatic rings. The molecule has 0 unspecified atom stereocenters. The van der Waals surface area contributed by atoms with Crippen molar-refractivity contribution in [3.05, 3.63) is 59.9 Å². The van der Waals surface area contributed by atoms with Gasteiger partial charge in [-0.2, -0.15) is 0 Å². The SMILES string of the molecule is CCc1nc2ccccc2n1CC(=O)NNC(=O)/C=C/c1ccc(OC)c(OC)c1. The minimum atomic E-state index is -0.454. The molecule has 0 spiro atoms. The maximum atomic E-state index is 12.3. The number of hydrogen-bond acceptors (Lipinski definition) is 5. The Labute approximate surface area is 174 Å². The van der Waals surface area contributed by atoms with E-state index in [0.717, 1.165) is 22.4 Å².